The largest absolute Gasteiger partial charge is 0.359 e. The van der Waals surface area contributed by atoms with Crippen molar-refractivity contribution in [2.45, 2.75) is 44.6 Å². The van der Waals surface area contributed by atoms with Crippen molar-refractivity contribution in [1.82, 2.24) is 10.2 Å². The summed E-state index contributed by atoms with van der Waals surface area (Å²) in [5.74, 6) is -0.155. The van der Waals surface area contributed by atoms with E-state index in [1.807, 2.05) is 11.0 Å². The predicted molar refractivity (Wildman–Crippen MR) is 82.6 cm³/mol. The van der Waals surface area contributed by atoms with E-state index in [9.17, 15) is 14.0 Å². The van der Waals surface area contributed by atoms with Gasteiger partial charge in [-0.1, -0.05) is 12.1 Å². The maximum atomic E-state index is 13.4. The van der Waals surface area contributed by atoms with Gasteiger partial charge >= 0.3 is 0 Å². The molecule has 120 valence electrons. The van der Waals surface area contributed by atoms with Crippen LogP contribution in [0.5, 0.6) is 0 Å². The van der Waals surface area contributed by atoms with E-state index in [1.54, 1.807) is 13.1 Å². The number of rotatable bonds is 6. The number of hydrogen-bond acceptors (Lipinski definition) is 2. The summed E-state index contributed by atoms with van der Waals surface area (Å²) in [5, 5.41) is 2.57. The van der Waals surface area contributed by atoms with Crippen LogP contribution in [0.3, 0.4) is 0 Å². The summed E-state index contributed by atoms with van der Waals surface area (Å²) in [6, 6.07) is 6.49. The molecule has 5 heteroatoms. The number of carbonyl (C=O) groups is 2. The van der Waals surface area contributed by atoms with Gasteiger partial charge in [0, 0.05) is 26.4 Å². The molecule has 0 saturated carbocycles. The number of nitrogens with zero attached hydrogens (tertiary/aromatic N) is 1. The predicted octanol–water partition coefficient (Wildman–Crippen LogP) is 2.80. The van der Waals surface area contributed by atoms with Gasteiger partial charge in [-0.25, -0.2) is 4.39 Å². The molecule has 0 spiro atoms. The summed E-state index contributed by atoms with van der Waals surface area (Å²) in [5.41, 5.74) is 0.871. The maximum absolute atomic E-state index is 13.4. The molecular formula is C17H23FN2O2. The zero-order valence-electron chi connectivity index (χ0n) is 13.0. The van der Waals surface area contributed by atoms with Crippen molar-refractivity contribution in [1.29, 1.82) is 0 Å². The zero-order chi connectivity index (χ0) is 15.9. The summed E-state index contributed by atoms with van der Waals surface area (Å²) < 4.78 is 13.4. The molecule has 2 rings (SSSR count). The van der Waals surface area contributed by atoms with Gasteiger partial charge in [-0.3, -0.25) is 9.59 Å². The van der Waals surface area contributed by atoms with Crippen LogP contribution in [0, 0.1) is 5.82 Å². The third-order valence-corrected chi connectivity index (χ3v) is 4.13. The molecule has 0 aromatic heterocycles. The van der Waals surface area contributed by atoms with Crippen LogP contribution in [0.25, 0.3) is 0 Å². The van der Waals surface area contributed by atoms with E-state index in [0.717, 1.165) is 24.9 Å². The van der Waals surface area contributed by atoms with Gasteiger partial charge < -0.3 is 10.2 Å². The van der Waals surface area contributed by atoms with Gasteiger partial charge in [-0.2, -0.15) is 0 Å². The molecule has 0 radical (unpaired) electrons. The number of unbranched alkanes of at least 4 members (excludes halogenated alkanes) is 1. The van der Waals surface area contributed by atoms with Crippen molar-refractivity contribution in [3.63, 3.8) is 0 Å². The maximum Gasteiger partial charge on any atom is 0.223 e. The number of nitrogens with one attached hydrogen (secondary N) is 1. The van der Waals surface area contributed by atoms with E-state index in [0.29, 0.717) is 25.7 Å². The number of benzene rings is 1. The molecule has 1 aromatic rings. The van der Waals surface area contributed by atoms with Gasteiger partial charge in [0.15, 0.2) is 0 Å². The van der Waals surface area contributed by atoms with Crippen molar-refractivity contribution in [2.24, 2.45) is 0 Å². The fraction of sp³-hybridized carbons (Fsp3) is 0.529. The quantitative estimate of drug-likeness (QED) is 0.822. The minimum absolute atomic E-state index is 0.00580. The van der Waals surface area contributed by atoms with E-state index in [1.165, 1.54) is 12.1 Å². The summed E-state index contributed by atoms with van der Waals surface area (Å²) in [6.45, 7) is 0.732. The first-order valence-electron chi connectivity index (χ1n) is 7.87. The second kappa shape index (κ2) is 7.92. The van der Waals surface area contributed by atoms with Crippen molar-refractivity contribution >= 4 is 11.8 Å². The highest BCUT2D eigenvalue weighted by Gasteiger charge is 2.29. The van der Waals surface area contributed by atoms with Gasteiger partial charge in [0.2, 0.25) is 11.8 Å². The summed E-state index contributed by atoms with van der Waals surface area (Å²) in [4.78, 5) is 25.4. The van der Waals surface area contributed by atoms with Crippen molar-refractivity contribution in [3.05, 3.63) is 35.6 Å². The Morgan fingerprint density at radius 1 is 1.32 bits per heavy atom. The van der Waals surface area contributed by atoms with Crippen LogP contribution < -0.4 is 5.32 Å². The molecule has 1 N–H and O–H groups in total. The topological polar surface area (TPSA) is 49.4 Å². The first-order chi connectivity index (χ1) is 10.6. The molecule has 1 aliphatic heterocycles. The molecule has 22 heavy (non-hydrogen) atoms. The van der Waals surface area contributed by atoms with Crippen molar-refractivity contribution in [2.75, 3.05) is 13.6 Å². The number of likely N-dealkylation sites (tertiary alicyclic amines) is 1. The van der Waals surface area contributed by atoms with Crippen LogP contribution in [0.15, 0.2) is 24.3 Å². The van der Waals surface area contributed by atoms with E-state index in [4.69, 9.17) is 0 Å². The average Bonchev–Trinajstić information content (AvgIpc) is 3.00. The minimum atomic E-state index is -0.262. The molecule has 1 fully saturated rings. The lowest BCUT2D eigenvalue weighted by molar-refractivity contribution is -0.132. The number of carbonyl (C=O) groups excluding carboxylic acids is 2. The Kier molecular flexibility index (Phi) is 5.92. The van der Waals surface area contributed by atoms with Gasteiger partial charge in [0.25, 0.3) is 0 Å². The van der Waals surface area contributed by atoms with E-state index in [-0.39, 0.29) is 23.7 Å². The highest BCUT2D eigenvalue weighted by Crippen LogP contribution is 2.32. The Hall–Kier alpha value is -1.91. The number of hydrogen-bond donors (Lipinski definition) is 1. The molecule has 1 saturated heterocycles. The Balaban J connectivity index is 1.87. The fourth-order valence-corrected chi connectivity index (χ4v) is 2.96. The second-order valence-corrected chi connectivity index (χ2v) is 5.68. The van der Waals surface area contributed by atoms with Gasteiger partial charge in [0.1, 0.15) is 5.82 Å². The Labute approximate surface area is 130 Å². The minimum Gasteiger partial charge on any atom is -0.359 e. The standard InChI is InChI=1S/C17H23FN2O2/c1-19-16(21)9-2-3-10-17(22)20-11-5-8-15(20)13-6-4-7-14(18)12-13/h4,6-7,12,15H,2-3,5,8-11H2,1H3,(H,19,21)/t15-/m1/s1. The molecule has 2 amide bonds. The Morgan fingerprint density at radius 3 is 2.82 bits per heavy atom. The molecule has 1 atom stereocenters. The van der Waals surface area contributed by atoms with Gasteiger partial charge in [-0.05, 0) is 43.4 Å². The highest BCUT2D eigenvalue weighted by atomic mass is 19.1. The van der Waals surface area contributed by atoms with Gasteiger partial charge in [0.05, 0.1) is 6.04 Å². The molecule has 1 aromatic carbocycles. The molecule has 1 aliphatic rings. The van der Waals surface area contributed by atoms with Crippen LogP contribution in [-0.4, -0.2) is 30.3 Å². The Bertz CT molecular complexity index is 533. The van der Waals surface area contributed by atoms with Crippen molar-refractivity contribution < 1.29 is 14.0 Å². The summed E-state index contributed by atoms with van der Waals surface area (Å²) in [6.07, 6.45) is 4.15. The van der Waals surface area contributed by atoms with Crippen LogP contribution in [0.2, 0.25) is 0 Å². The van der Waals surface area contributed by atoms with Crippen LogP contribution in [0.4, 0.5) is 4.39 Å². The first-order valence-corrected chi connectivity index (χ1v) is 7.87. The smallest absolute Gasteiger partial charge is 0.223 e. The van der Waals surface area contributed by atoms with Crippen molar-refractivity contribution in [3.8, 4) is 0 Å². The number of amides is 2. The van der Waals surface area contributed by atoms with E-state index in [2.05, 4.69) is 5.32 Å². The zero-order valence-corrected chi connectivity index (χ0v) is 13.0. The molecule has 0 bridgehead atoms. The van der Waals surface area contributed by atoms with Crippen LogP contribution >= 0.6 is 0 Å². The average molecular weight is 306 g/mol. The lowest BCUT2D eigenvalue weighted by atomic mass is 10.0. The SMILES string of the molecule is CNC(=O)CCCCC(=O)N1CCC[C@@H]1c1cccc(F)c1. The lowest BCUT2D eigenvalue weighted by Gasteiger charge is -2.25. The van der Waals surface area contributed by atoms with E-state index < -0.39 is 0 Å². The van der Waals surface area contributed by atoms with E-state index >= 15 is 0 Å². The summed E-state index contributed by atoms with van der Waals surface area (Å²) in [7, 11) is 1.61. The fourth-order valence-electron chi connectivity index (χ4n) is 2.96. The highest BCUT2D eigenvalue weighted by molar-refractivity contribution is 5.77. The monoisotopic (exact) mass is 306 g/mol. The van der Waals surface area contributed by atoms with Crippen LogP contribution in [0.1, 0.15) is 50.1 Å². The molecule has 1 heterocycles. The molecule has 4 nitrogen and oxygen atoms in total. The van der Waals surface area contributed by atoms with Crippen LogP contribution in [-0.2, 0) is 9.59 Å². The normalized spacial score (nSPS) is 17.5. The third-order valence-electron chi connectivity index (χ3n) is 4.13. The summed E-state index contributed by atoms with van der Waals surface area (Å²) >= 11 is 0. The Morgan fingerprint density at radius 2 is 2.09 bits per heavy atom. The first kappa shape index (κ1) is 16.5. The number of halogens is 1. The third kappa shape index (κ3) is 4.29. The van der Waals surface area contributed by atoms with Gasteiger partial charge in [-0.15, -0.1) is 0 Å². The molecular weight excluding hydrogens is 283 g/mol. The second-order valence-electron chi connectivity index (χ2n) is 5.68. The lowest BCUT2D eigenvalue weighted by Crippen LogP contribution is -2.30. The molecule has 0 aliphatic carbocycles. The molecule has 0 unspecified atom stereocenters.